The van der Waals surface area contributed by atoms with Crippen LogP contribution in [0, 0.1) is 0 Å². The van der Waals surface area contributed by atoms with Crippen molar-refractivity contribution in [1.29, 1.82) is 0 Å². The van der Waals surface area contributed by atoms with Crippen LogP contribution >= 0.6 is 0 Å². The van der Waals surface area contributed by atoms with Crippen LogP contribution in [0.4, 0.5) is 0 Å². The molecule has 0 radical (unpaired) electrons. The lowest BCUT2D eigenvalue weighted by atomic mass is 9.90. The predicted molar refractivity (Wildman–Crippen MR) is 227 cm³/mol. The predicted octanol–water partition coefficient (Wildman–Crippen LogP) is 1.70. The Bertz CT molecular complexity index is 3310. The van der Waals surface area contributed by atoms with Crippen LogP contribution < -0.4 is 15.6 Å². The van der Waals surface area contributed by atoms with E-state index in [1.165, 1.54) is 0 Å². The minimum absolute atomic E-state index is 0.00303. The van der Waals surface area contributed by atoms with Crippen molar-refractivity contribution in [2.24, 2.45) is 0 Å². The van der Waals surface area contributed by atoms with Crippen molar-refractivity contribution in [1.82, 2.24) is 0 Å². The van der Waals surface area contributed by atoms with E-state index in [2.05, 4.69) is 0 Å². The molecule has 362 valence electrons. The summed E-state index contributed by atoms with van der Waals surface area (Å²) in [5.41, 5.74) is -1.63. The number of aliphatic carboxylic acids is 3. The number of carbonyl (C=O) groups excluding carboxylic acids is 4. The summed E-state index contributed by atoms with van der Waals surface area (Å²) in [5, 5.41) is 94.1. The maximum atomic E-state index is 12.5. The Morgan fingerprint density at radius 2 is 1.04 bits per heavy atom. The van der Waals surface area contributed by atoms with E-state index in [0.717, 1.165) is 67.0 Å². The van der Waals surface area contributed by atoms with Gasteiger partial charge in [0.25, 0.3) is 0 Å². The van der Waals surface area contributed by atoms with Crippen LogP contribution in [0.1, 0.15) is 40.9 Å². The molecule has 70 heavy (non-hydrogen) atoms. The molecule has 3 aromatic carbocycles. The summed E-state index contributed by atoms with van der Waals surface area (Å²) in [5.74, 6) is -9.57. The van der Waals surface area contributed by atoms with E-state index in [0.29, 0.717) is 0 Å². The highest BCUT2D eigenvalue weighted by atomic mass is 16.6. The summed E-state index contributed by atoms with van der Waals surface area (Å²) in [6.07, 6.45) is -4.01. The fourth-order valence-electron chi connectivity index (χ4n) is 7.55. The van der Waals surface area contributed by atoms with Gasteiger partial charge >= 0.3 is 35.8 Å². The van der Waals surface area contributed by atoms with Gasteiger partial charge < -0.3 is 78.8 Å². The number of carbonyl (C=O) groups is 7. The molecule has 6 heterocycles. The topological polar surface area (TPSA) is 419 Å². The lowest BCUT2D eigenvalue weighted by Gasteiger charge is -2.31. The summed E-state index contributed by atoms with van der Waals surface area (Å²) in [6, 6.07) is 7.26. The molecular weight excluding hydrogens is 940 g/mol. The number of hydrogen-bond acceptors (Lipinski definition) is 22. The number of rotatable bonds is 9. The van der Waals surface area contributed by atoms with Crippen LogP contribution in [0.25, 0.3) is 33.1 Å². The third-order valence-electron chi connectivity index (χ3n) is 10.4. The first-order valence-corrected chi connectivity index (χ1v) is 19.8. The van der Waals surface area contributed by atoms with Gasteiger partial charge in [-0.05, 0) is 0 Å². The quantitative estimate of drug-likeness (QED) is 0.0742. The highest BCUT2D eigenvalue weighted by Crippen LogP contribution is 2.41. The van der Waals surface area contributed by atoms with Gasteiger partial charge in [-0.3, -0.25) is 28.8 Å². The second-order valence-corrected chi connectivity index (χ2v) is 15.2. The molecule has 2 aromatic heterocycles. The number of esters is 3. The smallest absolute Gasteiger partial charge is 0.331 e. The van der Waals surface area contributed by atoms with E-state index < -0.39 is 119 Å². The number of aliphatic hydroxyl groups excluding tert-OH is 1. The van der Waals surface area contributed by atoms with E-state index >= 15 is 0 Å². The number of cyclic esters (lactones) is 3. The van der Waals surface area contributed by atoms with Crippen LogP contribution in [0.3, 0.4) is 0 Å². The number of aliphatic hydroxyl groups is 1. The van der Waals surface area contributed by atoms with Gasteiger partial charge in [0.2, 0.25) is 11.2 Å². The second kappa shape index (κ2) is 18.9. The fraction of sp³-hybridized carbons (Fsp3) is 0.178. The Hall–Kier alpha value is -9.65. The Morgan fingerprint density at radius 1 is 0.543 bits per heavy atom. The largest absolute Gasteiger partial charge is 0.508 e. The SMILES string of the molecule is O=C(O)CC1OC(=O)C=C1C1Oc2cc(O)cc(O)c2C(=O)C1O.O=C(O)CC1OC(=O)C=C1c1cc(=O)c2c(O)cc(O)cc2o1.O=C(O)CC1OC(=O)C=C1c1coc2cc(O)cc(O)c2c1=O. The standard InChI is InChI=1S/C15H12O9.2C15H10O8/c16-5-1-7(17)12-9(2-5)24-15(14(22)13(12)21)6-3-11(20)23-8(6)4-10(18)19;16-6-1-9(17)14-11(2-6)22-5-8(15(14)21)7-3-13(20)23-10(7)4-12(18)19;16-6-1-8(17)15-9(18)4-10(22-12(15)2-6)7-3-14(21)23-11(7)5-13(19)20/h1-3,8,14-17,22H,4H2,(H,18,19);1-3,5,10,16-17H,4H2,(H,18,19);1-4,11,16-17H,5H2,(H,19,20). The zero-order chi connectivity index (χ0) is 51.0. The monoisotopic (exact) mass is 972 g/mol. The Kier molecular flexibility index (Phi) is 13.1. The zero-order valence-corrected chi connectivity index (χ0v) is 35.0. The molecule has 4 aliphatic rings. The van der Waals surface area contributed by atoms with Gasteiger partial charge in [-0.25, -0.2) is 14.4 Å². The first kappa shape index (κ1) is 48.3. The molecule has 4 aliphatic heterocycles. The molecular formula is C45H32O25. The fourth-order valence-corrected chi connectivity index (χ4v) is 7.55. The highest BCUT2D eigenvalue weighted by Gasteiger charge is 2.45. The van der Waals surface area contributed by atoms with Crippen LogP contribution in [0.5, 0.6) is 40.2 Å². The number of carboxylic acid groups (broad SMARTS) is 3. The number of carboxylic acids is 3. The molecule has 0 aliphatic carbocycles. The van der Waals surface area contributed by atoms with Crippen molar-refractivity contribution in [3.05, 3.63) is 110 Å². The minimum atomic E-state index is -1.77. The highest BCUT2D eigenvalue weighted by molar-refractivity contribution is 6.06. The Balaban J connectivity index is 0.000000155. The van der Waals surface area contributed by atoms with Gasteiger partial charge in [-0.1, -0.05) is 0 Å². The summed E-state index contributed by atoms with van der Waals surface area (Å²) in [7, 11) is 0. The average Bonchev–Trinajstić information content (AvgIpc) is 3.92. The minimum Gasteiger partial charge on any atom is -0.508 e. The third-order valence-corrected chi connectivity index (χ3v) is 10.4. The van der Waals surface area contributed by atoms with Crippen molar-refractivity contribution in [2.75, 3.05) is 0 Å². The molecule has 0 spiro atoms. The van der Waals surface area contributed by atoms with Gasteiger partial charge in [0, 0.05) is 77.4 Å². The van der Waals surface area contributed by atoms with Crippen molar-refractivity contribution in [2.45, 2.75) is 49.8 Å². The van der Waals surface area contributed by atoms with Gasteiger partial charge in [0.1, 0.15) is 98.1 Å². The number of phenolic OH excluding ortho intramolecular Hbond substituents is 6. The number of phenols is 6. The van der Waals surface area contributed by atoms with E-state index in [-0.39, 0.29) is 78.5 Å². The maximum absolute atomic E-state index is 12.5. The van der Waals surface area contributed by atoms with Gasteiger partial charge in [-0.2, -0.15) is 0 Å². The third kappa shape index (κ3) is 9.88. The summed E-state index contributed by atoms with van der Waals surface area (Å²) in [6.45, 7) is 0. The first-order chi connectivity index (χ1) is 33.0. The van der Waals surface area contributed by atoms with Gasteiger partial charge in [0.15, 0.2) is 17.6 Å². The lowest BCUT2D eigenvalue weighted by molar-refractivity contribution is -0.146. The molecule has 5 aromatic rings. The van der Waals surface area contributed by atoms with E-state index in [1.807, 2.05) is 0 Å². The Morgan fingerprint density at radius 3 is 1.66 bits per heavy atom. The molecule has 0 bridgehead atoms. The molecule has 25 heteroatoms. The molecule has 0 saturated heterocycles. The second-order valence-electron chi connectivity index (χ2n) is 15.2. The van der Waals surface area contributed by atoms with E-state index in [9.17, 15) is 78.9 Å². The molecule has 25 nitrogen and oxygen atoms in total. The molecule has 5 atom stereocenters. The first-order valence-electron chi connectivity index (χ1n) is 19.8. The number of Topliss-reactive ketones (excluding diaryl/α,β-unsaturated/α-hetero) is 1. The van der Waals surface area contributed by atoms with Crippen molar-refractivity contribution < 1.29 is 112 Å². The molecule has 0 saturated carbocycles. The molecule has 5 unspecified atom stereocenters. The molecule has 0 fully saturated rings. The number of benzene rings is 3. The lowest BCUT2D eigenvalue weighted by Crippen LogP contribution is -2.45. The number of ketones is 1. The molecule has 10 N–H and O–H groups in total. The number of aromatic hydroxyl groups is 6. The van der Waals surface area contributed by atoms with Crippen molar-refractivity contribution in [3.63, 3.8) is 0 Å². The van der Waals surface area contributed by atoms with Crippen LogP contribution in [-0.4, -0.2) is 123 Å². The van der Waals surface area contributed by atoms with Crippen LogP contribution in [-0.2, 0) is 43.0 Å². The number of fused-ring (bicyclic) bond motifs is 3. The van der Waals surface area contributed by atoms with Crippen molar-refractivity contribution >= 4 is 74.7 Å². The van der Waals surface area contributed by atoms with Gasteiger partial charge in [-0.15, -0.1) is 0 Å². The van der Waals surface area contributed by atoms with E-state index in [1.54, 1.807) is 0 Å². The van der Waals surface area contributed by atoms with Crippen molar-refractivity contribution in [3.8, 4) is 40.2 Å². The van der Waals surface area contributed by atoms with E-state index in [4.69, 9.17) is 43.1 Å². The number of ether oxygens (including phenoxy) is 4. The molecule has 0 amide bonds. The zero-order valence-electron chi connectivity index (χ0n) is 35.0. The average molecular weight is 973 g/mol. The normalized spacial score (nSPS) is 20.0. The maximum Gasteiger partial charge on any atom is 0.331 e. The summed E-state index contributed by atoms with van der Waals surface area (Å²) < 4.78 is 30.7. The number of hydrogen-bond donors (Lipinski definition) is 10. The van der Waals surface area contributed by atoms with Gasteiger partial charge in [0.05, 0.1) is 24.8 Å². The van der Waals surface area contributed by atoms with Crippen LogP contribution in [0.2, 0.25) is 0 Å². The molecule has 9 rings (SSSR count). The summed E-state index contributed by atoms with van der Waals surface area (Å²) >= 11 is 0. The summed E-state index contributed by atoms with van der Waals surface area (Å²) in [4.78, 5) is 104. The van der Waals surface area contributed by atoms with Crippen LogP contribution in [0.15, 0.2) is 91.0 Å². The Labute approximate surface area is 386 Å².